The van der Waals surface area contributed by atoms with Crippen LogP contribution < -0.4 is 9.62 Å². The number of hydrogen-bond donors (Lipinski definition) is 3. The van der Waals surface area contributed by atoms with Crippen LogP contribution >= 0.6 is 0 Å². The van der Waals surface area contributed by atoms with Crippen LogP contribution in [-0.2, 0) is 19.6 Å². The predicted octanol–water partition coefficient (Wildman–Crippen LogP) is 2.11. The Kier molecular flexibility index (Phi) is 10.7. The smallest absolute Gasteiger partial charge is 0.478 e. The van der Waals surface area contributed by atoms with Gasteiger partial charge in [-0.15, -0.1) is 0 Å². The molecule has 1 aromatic heterocycles. The molecule has 0 radical (unpaired) electrons. The number of carboxylic acid groups (broad SMARTS) is 2. The number of anilines is 2. The molecule has 0 spiro atoms. The van der Waals surface area contributed by atoms with Gasteiger partial charge in [0.25, 0.3) is 0 Å². The van der Waals surface area contributed by atoms with Crippen LogP contribution in [0.25, 0.3) is 0 Å². The summed E-state index contributed by atoms with van der Waals surface area (Å²) in [5.41, 5.74) is 0.196. The lowest BCUT2D eigenvalue weighted by atomic mass is 9.93. The summed E-state index contributed by atoms with van der Waals surface area (Å²) in [7, 11) is -3.48. The highest BCUT2D eigenvalue weighted by Gasteiger charge is 2.38. The van der Waals surface area contributed by atoms with Crippen LogP contribution in [0.15, 0.2) is 12.3 Å². The van der Waals surface area contributed by atoms with Crippen molar-refractivity contribution in [3.8, 4) is 0 Å². The average Bonchev–Trinajstić information content (AvgIpc) is 2.83. The topological polar surface area (TPSA) is 149 Å². The molecule has 15 heteroatoms. The quantitative estimate of drug-likeness (QED) is 0.448. The number of morpholine rings is 1. The first-order valence-electron chi connectivity index (χ1n) is 11.4. The van der Waals surface area contributed by atoms with E-state index >= 15 is 0 Å². The number of carbonyl (C=O) groups is 2. The van der Waals surface area contributed by atoms with Gasteiger partial charge in [-0.3, -0.25) is 9.62 Å². The molecule has 2 aliphatic heterocycles. The van der Waals surface area contributed by atoms with Gasteiger partial charge in [0.15, 0.2) is 0 Å². The molecule has 0 aliphatic carbocycles. The van der Waals surface area contributed by atoms with E-state index in [9.17, 15) is 31.5 Å². The zero-order valence-corrected chi connectivity index (χ0v) is 20.6. The summed E-state index contributed by atoms with van der Waals surface area (Å²) in [6.45, 7) is 7.73. The van der Waals surface area contributed by atoms with E-state index in [1.165, 1.54) is 19.2 Å². The molecule has 0 unspecified atom stereocenters. The Labute approximate surface area is 207 Å². The maximum atomic E-state index is 11.7. The van der Waals surface area contributed by atoms with Crippen LogP contribution in [0.4, 0.5) is 24.7 Å². The fraction of sp³-hybridized carbons (Fsp3) is 0.667. The van der Waals surface area contributed by atoms with Crippen molar-refractivity contribution in [2.45, 2.75) is 32.4 Å². The van der Waals surface area contributed by atoms with Crippen LogP contribution in [0, 0.1) is 5.92 Å². The third-order valence-electron chi connectivity index (χ3n) is 5.86. The van der Waals surface area contributed by atoms with Gasteiger partial charge in [0.05, 0.1) is 30.9 Å². The van der Waals surface area contributed by atoms with E-state index in [0.717, 1.165) is 65.2 Å². The number of alkyl halides is 3. The van der Waals surface area contributed by atoms with E-state index in [2.05, 4.69) is 14.6 Å². The van der Waals surface area contributed by atoms with Gasteiger partial charge in [-0.25, -0.2) is 23.0 Å². The number of ether oxygens (including phenoxy) is 1. The van der Waals surface area contributed by atoms with Crippen LogP contribution in [-0.4, -0.2) is 98.3 Å². The highest BCUT2D eigenvalue weighted by Crippen LogP contribution is 2.28. The van der Waals surface area contributed by atoms with Gasteiger partial charge >= 0.3 is 18.1 Å². The first-order valence-corrected chi connectivity index (χ1v) is 13.1. The van der Waals surface area contributed by atoms with Crippen molar-refractivity contribution in [2.75, 3.05) is 61.3 Å². The summed E-state index contributed by atoms with van der Waals surface area (Å²) < 4.78 is 63.0. The van der Waals surface area contributed by atoms with Crippen molar-refractivity contribution in [1.29, 1.82) is 0 Å². The molecule has 0 aromatic carbocycles. The van der Waals surface area contributed by atoms with Crippen LogP contribution in [0.5, 0.6) is 0 Å². The molecule has 0 atom stereocenters. The molecule has 3 rings (SSSR count). The van der Waals surface area contributed by atoms with E-state index in [0.29, 0.717) is 11.7 Å². The number of nitrogens with zero attached hydrogens (tertiary/aromatic N) is 3. The van der Waals surface area contributed by atoms with Gasteiger partial charge in [-0.05, 0) is 44.7 Å². The molecular weight excluding hydrogens is 509 g/mol. The summed E-state index contributed by atoms with van der Waals surface area (Å²) >= 11 is 0. The number of piperidine rings is 1. The molecule has 0 saturated carbocycles. The molecule has 11 nitrogen and oxygen atoms in total. The number of nitrogens with one attached hydrogen (secondary N) is 1. The minimum absolute atomic E-state index is 0.0214. The minimum atomic E-state index is -5.08. The highest BCUT2D eigenvalue weighted by atomic mass is 32.2. The molecular formula is C21H31F3N4O7S. The third-order valence-corrected chi connectivity index (χ3v) is 7.17. The van der Waals surface area contributed by atoms with Crippen molar-refractivity contribution in [3.05, 3.63) is 17.8 Å². The summed E-state index contributed by atoms with van der Waals surface area (Å²) in [5, 5.41) is 16.7. The van der Waals surface area contributed by atoms with Crippen LogP contribution in [0.2, 0.25) is 0 Å². The molecule has 1 aromatic rings. The minimum Gasteiger partial charge on any atom is -0.478 e. The number of aromatic nitrogens is 1. The first-order chi connectivity index (χ1) is 16.8. The molecule has 204 valence electrons. The molecule has 2 fully saturated rings. The van der Waals surface area contributed by atoms with E-state index in [1.807, 2.05) is 4.90 Å². The van der Waals surface area contributed by atoms with Gasteiger partial charge in [-0.1, -0.05) is 0 Å². The fourth-order valence-corrected chi connectivity index (χ4v) is 4.41. The number of aromatic carboxylic acids is 1. The number of carboxylic acids is 2. The lowest BCUT2D eigenvalue weighted by Gasteiger charge is -2.35. The largest absolute Gasteiger partial charge is 0.490 e. The first kappa shape index (κ1) is 29.6. The second-order valence-corrected chi connectivity index (χ2v) is 10.4. The Morgan fingerprint density at radius 3 is 2.25 bits per heavy atom. The van der Waals surface area contributed by atoms with E-state index < -0.39 is 28.1 Å². The third kappa shape index (κ3) is 9.43. The van der Waals surface area contributed by atoms with E-state index in [1.54, 1.807) is 0 Å². The number of sulfonamides is 1. The van der Waals surface area contributed by atoms with Crippen molar-refractivity contribution in [3.63, 3.8) is 0 Å². The summed E-state index contributed by atoms with van der Waals surface area (Å²) in [5.74, 6) is -2.93. The van der Waals surface area contributed by atoms with Crippen molar-refractivity contribution < 1.29 is 46.1 Å². The van der Waals surface area contributed by atoms with Crippen LogP contribution in [0.3, 0.4) is 0 Å². The zero-order valence-electron chi connectivity index (χ0n) is 19.8. The number of aliphatic carboxylic acids is 1. The molecule has 0 bridgehead atoms. The second-order valence-electron chi connectivity index (χ2n) is 8.38. The Bertz CT molecular complexity index is 994. The number of rotatable bonds is 8. The van der Waals surface area contributed by atoms with Crippen molar-refractivity contribution in [1.82, 2.24) is 9.88 Å². The fourth-order valence-electron chi connectivity index (χ4n) is 3.80. The maximum Gasteiger partial charge on any atom is 0.490 e. The normalized spacial score (nSPS) is 17.7. The van der Waals surface area contributed by atoms with Crippen LogP contribution in [0.1, 0.15) is 36.5 Å². The maximum absolute atomic E-state index is 11.7. The molecule has 3 N–H and O–H groups in total. The van der Waals surface area contributed by atoms with Gasteiger partial charge in [0, 0.05) is 26.2 Å². The number of pyridine rings is 1. The highest BCUT2D eigenvalue weighted by molar-refractivity contribution is 7.92. The van der Waals surface area contributed by atoms with E-state index in [4.69, 9.17) is 14.6 Å². The molecule has 3 heterocycles. The summed E-state index contributed by atoms with van der Waals surface area (Å²) in [6.07, 6.45) is -0.561. The molecule has 0 amide bonds. The van der Waals surface area contributed by atoms with Crippen molar-refractivity contribution >= 4 is 33.5 Å². The number of halogens is 3. The molecule has 2 aliphatic rings. The lowest BCUT2D eigenvalue weighted by molar-refractivity contribution is -0.192. The molecule has 36 heavy (non-hydrogen) atoms. The monoisotopic (exact) mass is 540 g/mol. The van der Waals surface area contributed by atoms with Gasteiger partial charge < -0.3 is 19.8 Å². The average molecular weight is 541 g/mol. The van der Waals surface area contributed by atoms with Gasteiger partial charge in [-0.2, -0.15) is 13.2 Å². The predicted molar refractivity (Wildman–Crippen MR) is 125 cm³/mol. The Hall–Kier alpha value is -2.65. The Morgan fingerprint density at radius 1 is 1.17 bits per heavy atom. The standard InChI is InChI=1S/C19H30N4O5S.C2HF3O2/c1-2-29(26,27)21-16-13-17(19(24)25)18(20-14-16)23-7-4-15(5-8-23)3-6-22-9-11-28-12-10-22;3-2(4,5)1(6)7/h13-15,21H,2-12H2,1H3,(H,24,25);(H,6,7). The summed E-state index contributed by atoms with van der Waals surface area (Å²) in [4.78, 5) is 29.3. The number of hydrogen-bond acceptors (Lipinski definition) is 8. The Balaban J connectivity index is 0.000000572. The molecule has 2 saturated heterocycles. The SMILES string of the molecule is CCS(=O)(=O)Nc1cnc(N2CCC(CCN3CCOCC3)CC2)c(C(=O)O)c1.O=C(O)C(F)(F)F. The van der Waals surface area contributed by atoms with Gasteiger partial charge in [0.1, 0.15) is 11.4 Å². The van der Waals surface area contributed by atoms with Crippen molar-refractivity contribution in [2.24, 2.45) is 5.92 Å². The second kappa shape index (κ2) is 13.1. The summed E-state index contributed by atoms with van der Waals surface area (Å²) in [6, 6.07) is 1.35. The van der Waals surface area contributed by atoms with Gasteiger partial charge in [0.2, 0.25) is 10.0 Å². The van der Waals surface area contributed by atoms with E-state index in [-0.39, 0.29) is 17.0 Å². The zero-order chi connectivity index (χ0) is 26.9. The Morgan fingerprint density at radius 2 is 1.75 bits per heavy atom. The lowest BCUT2D eigenvalue weighted by Crippen LogP contribution is -2.39.